The summed E-state index contributed by atoms with van der Waals surface area (Å²) in [5, 5.41) is 14.9. The number of amides is 3. The number of aromatic nitrogens is 3. The van der Waals surface area contributed by atoms with Gasteiger partial charge in [-0.05, 0) is 80.6 Å². The number of rotatable bonds is 7. The van der Waals surface area contributed by atoms with Crippen molar-refractivity contribution in [1.82, 2.24) is 25.4 Å². The lowest BCUT2D eigenvalue weighted by Crippen LogP contribution is -2.50. The van der Waals surface area contributed by atoms with Gasteiger partial charge < -0.3 is 26.2 Å². The molecule has 1 atom stereocenters. The second kappa shape index (κ2) is 11.7. The molecule has 2 aromatic carbocycles. The lowest BCUT2D eigenvalue weighted by Gasteiger charge is -2.37. The van der Waals surface area contributed by atoms with Gasteiger partial charge in [-0.15, -0.1) is 10.2 Å². The molecule has 1 unspecified atom stereocenters. The van der Waals surface area contributed by atoms with Crippen LogP contribution < -0.4 is 26.2 Å². The molecule has 3 amide bonds. The third kappa shape index (κ3) is 5.78. The van der Waals surface area contributed by atoms with Crippen LogP contribution in [0.3, 0.4) is 0 Å². The van der Waals surface area contributed by atoms with Crippen molar-refractivity contribution in [1.29, 1.82) is 0 Å². The van der Waals surface area contributed by atoms with Crippen LogP contribution in [0.5, 0.6) is 0 Å². The molecule has 214 valence electrons. The number of nitrogens with two attached hydrogens (primary N) is 1. The lowest BCUT2D eigenvalue weighted by molar-refractivity contribution is 0.0995. The van der Waals surface area contributed by atoms with E-state index >= 15 is 0 Å². The lowest BCUT2D eigenvalue weighted by atomic mass is 9.90. The van der Waals surface area contributed by atoms with E-state index in [4.69, 9.17) is 5.73 Å². The van der Waals surface area contributed by atoms with Crippen LogP contribution in [0.2, 0.25) is 0 Å². The van der Waals surface area contributed by atoms with Crippen LogP contribution in [0.1, 0.15) is 47.7 Å². The Bertz CT molecular complexity index is 1410. The van der Waals surface area contributed by atoms with Gasteiger partial charge in [0.25, 0.3) is 5.91 Å². The van der Waals surface area contributed by atoms with Crippen LogP contribution in [0.4, 0.5) is 32.3 Å². The van der Waals surface area contributed by atoms with Crippen molar-refractivity contribution in [2.24, 2.45) is 5.73 Å². The Morgan fingerprint density at radius 3 is 2.59 bits per heavy atom. The molecule has 0 aliphatic carbocycles. The number of hydrogen-bond acceptors (Lipinski definition) is 8. The van der Waals surface area contributed by atoms with Crippen molar-refractivity contribution in [3.8, 4) is 0 Å². The summed E-state index contributed by atoms with van der Waals surface area (Å²) < 4.78 is 13.8. The molecule has 0 bridgehead atoms. The summed E-state index contributed by atoms with van der Waals surface area (Å²) in [6, 6.07) is 14.1. The minimum Gasteiger partial charge on any atom is -0.364 e. The first-order valence-corrected chi connectivity index (χ1v) is 14.2. The molecule has 4 N–H and O–H groups in total. The van der Waals surface area contributed by atoms with Crippen molar-refractivity contribution in [3.05, 3.63) is 65.6 Å². The zero-order valence-electron chi connectivity index (χ0n) is 22.8. The number of piperidine rings is 2. The van der Waals surface area contributed by atoms with E-state index in [-0.39, 0.29) is 29.4 Å². The SMILES string of the molecule is NC(=O)c1nnc(N2CCCC(N3CCN(c4cccc(F)c4)C3=O)C2)nc1Nc1ccc(C2CCNCC2)cc1. The van der Waals surface area contributed by atoms with Gasteiger partial charge in [-0.1, -0.05) is 18.2 Å². The maximum absolute atomic E-state index is 13.8. The van der Waals surface area contributed by atoms with Crippen molar-refractivity contribution in [3.63, 3.8) is 0 Å². The van der Waals surface area contributed by atoms with Crippen LogP contribution in [-0.4, -0.2) is 77.3 Å². The van der Waals surface area contributed by atoms with Gasteiger partial charge in [-0.3, -0.25) is 9.69 Å². The Hall–Kier alpha value is -4.32. The molecule has 3 fully saturated rings. The topological polar surface area (TPSA) is 133 Å². The molecule has 0 saturated carbocycles. The van der Waals surface area contributed by atoms with Crippen molar-refractivity contribution >= 4 is 35.1 Å². The summed E-state index contributed by atoms with van der Waals surface area (Å²) in [6.45, 7) is 4.30. The summed E-state index contributed by atoms with van der Waals surface area (Å²) in [4.78, 5) is 35.5. The highest BCUT2D eigenvalue weighted by Crippen LogP contribution is 2.29. The van der Waals surface area contributed by atoms with E-state index in [1.54, 1.807) is 17.0 Å². The van der Waals surface area contributed by atoms with Gasteiger partial charge in [0, 0.05) is 37.6 Å². The quantitative estimate of drug-likeness (QED) is 0.402. The van der Waals surface area contributed by atoms with E-state index in [1.165, 1.54) is 17.7 Å². The van der Waals surface area contributed by atoms with Crippen LogP contribution in [0.25, 0.3) is 0 Å². The zero-order chi connectivity index (χ0) is 28.3. The molecule has 4 heterocycles. The van der Waals surface area contributed by atoms with Crippen LogP contribution in [0.15, 0.2) is 48.5 Å². The average molecular weight is 560 g/mol. The van der Waals surface area contributed by atoms with E-state index < -0.39 is 5.91 Å². The molecule has 11 nitrogen and oxygen atoms in total. The molecular formula is C29H34FN9O2. The largest absolute Gasteiger partial charge is 0.364 e. The molecule has 1 aromatic heterocycles. The highest BCUT2D eigenvalue weighted by atomic mass is 19.1. The van der Waals surface area contributed by atoms with Crippen molar-refractivity contribution < 1.29 is 14.0 Å². The molecule has 3 saturated heterocycles. The third-order valence-electron chi connectivity index (χ3n) is 8.17. The predicted molar refractivity (Wildman–Crippen MR) is 154 cm³/mol. The van der Waals surface area contributed by atoms with Crippen LogP contribution >= 0.6 is 0 Å². The van der Waals surface area contributed by atoms with E-state index in [1.807, 2.05) is 21.9 Å². The summed E-state index contributed by atoms with van der Waals surface area (Å²) in [6.07, 6.45) is 3.89. The van der Waals surface area contributed by atoms with Gasteiger partial charge in [0.05, 0.1) is 6.04 Å². The van der Waals surface area contributed by atoms with Gasteiger partial charge in [0.2, 0.25) is 5.95 Å². The number of carbonyl (C=O) groups excluding carboxylic acids is 2. The number of benzene rings is 2. The number of primary amides is 1. The number of hydrogen-bond donors (Lipinski definition) is 3. The third-order valence-corrected chi connectivity index (χ3v) is 8.17. The molecule has 41 heavy (non-hydrogen) atoms. The highest BCUT2D eigenvalue weighted by Gasteiger charge is 2.37. The van der Waals surface area contributed by atoms with Gasteiger partial charge in [0.1, 0.15) is 5.82 Å². The highest BCUT2D eigenvalue weighted by molar-refractivity contribution is 5.96. The Kier molecular flexibility index (Phi) is 7.64. The fourth-order valence-corrected chi connectivity index (χ4v) is 6.00. The van der Waals surface area contributed by atoms with Gasteiger partial charge in [-0.2, -0.15) is 4.98 Å². The molecular weight excluding hydrogens is 525 g/mol. The van der Waals surface area contributed by atoms with Gasteiger partial charge in [-0.25, -0.2) is 9.18 Å². The monoisotopic (exact) mass is 559 g/mol. The zero-order valence-corrected chi connectivity index (χ0v) is 22.8. The number of carbonyl (C=O) groups is 2. The molecule has 0 spiro atoms. The Balaban J connectivity index is 1.17. The first kappa shape index (κ1) is 26.9. The Labute approximate surface area is 237 Å². The van der Waals surface area contributed by atoms with E-state index in [0.29, 0.717) is 43.7 Å². The maximum atomic E-state index is 13.8. The van der Waals surface area contributed by atoms with Crippen LogP contribution in [-0.2, 0) is 0 Å². The van der Waals surface area contributed by atoms with Crippen molar-refractivity contribution in [2.45, 2.75) is 37.6 Å². The molecule has 3 aromatic rings. The number of halogens is 1. The number of urea groups is 1. The van der Waals surface area contributed by atoms with Crippen molar-refractivity contribution in [2.75, 3.05) is 54.4 Å². The fraction of sp³-hybridized carbons (Fsp3) is 0.414. The molecule has 3 aliphatic rings. The minimum atomic E-state index is -0.720. The second-order valence-electron chi connectivity index (χ2n) is 10.8. The predicted octanol–water partition coefficient (Wildman–Crippen LogP) is 3.23. The fourth-order valence-electron chi connectivity index (χ4n) is 6.00. The van der Waals surface area contributed by atoms with Crippen LogP contribution in [0, 0.1) is 5.82 Å². The number of anilines is 4. The summed E-state index contributed by atoms with van der Waals surface area (Å²) in [5.74, 6) is 0.0518. The maximum Gasteiger partial charge on any atom is 0.324 e. The normalized spacial score (nSPS) is 20.0. The molecule has 6 rings (SSSR count). The average Bonchev–Trinajstić information content (AvgIpc) is 3.39. The van der Waals surface area contributed by atoms with Gasteiger partial charge >= 0.3 is 6.03 Å². The van der Waals surface area contributed by atoms with Gasteiger partial charge in [0.15, 0.2) is 11.5 Å². The smallest absolute Gasteiger partial charge is 0.324 e. The second-order valence-corrected chi connectivity index (χ2v) is 10.8. The standard InChI is InChI=1S/C29H34FN9O2/c30-21-3-1-4-23(17-21)38-15-16-39(29(38)41)24-5-2-14-37(18-24)28-34-27(25(26(31)40)35-36-28)33-22-8-6-19(7-9-22)20-10-12-32-13-11-20/h1,3-4,6-9,17,20,24,32H,2,5,10-16,18H2,(H2,31,40)(H,33,34,36). The number of nitrogens with zero attached hydrogens (tertiary/aromatic N) is 6. The van der Waals surface area contributed by atoms with E-state index in [9.17, 15) is 14.0 Å². The number of nitrogens with one attached hydrogen (secondary N) is 2. The molecule has 3 aliphatic heterocycles. The molecule has 12 heteroatoms. The molecule has 0 radical (unpaired) electrons. The minimum absolute atomic E-state index is 0.0369. The summed E-state index contributed by atoms with van der Waals surface area (Å²) in [7, 11) is 0. The first-order chi connectivity index (χ1) is 20.0. The Morgan fingerprint density at radius 2 is 1.83 bits per heavy atom. The summed E-state index contributed by atoms with van der Waals surface area (Å²) >= 11 is 0. The van der Waals surface area contributed by atoms with E-state index in [2.05, 4.69) is 37.9 Å². The Morgan fingerprint density at radius 1 is 1.02 bits per heavy atom. The summed E-state index contributed by atoms with van der Waals surface area (Å²) in [5.41, 5.74) is 8.18. The van der Waals surface area contributed by atoms with E-state index in [0.717, 1.165) is 44.5 Å². The first-order valence-electron chi connectivity index (χ1n) is 14.2.